The van der Waals surface area contributed by atoms with Crippen LogP contribution in [0.15, 0.2) is 53.3 Å². The Morgan fingerprint density at radius 1 is 1.28 bits per heavy atom. The van der Waals surface area contributed by atoms with Gasteiger partial charge < -0.3 is 25.1 Å². The Kier molecular flexibility index (Phi) is 7.68. The van der Waals surface area contributed by atoms with Gasteiger partial charge >= 0.3 is 0 Å². The molecule has 0 saturated heterocycles. The van der Waals surface area contributed by atoms with Crippen molar-refractivity contribution in [2.75, 3.05) is 32.9 Å². The Morgan fingerprint density at radius 3 is 2.81 bits per heavy atom. The van der Waals surface area contributed by atoms with Gasteiger partial charge in [0, 0.05) is 41.0 Å². The molecule has 4 aromatic rings. The number of benzene rings is 2. The van der Waals surface area contributed by atoms with Crippen LogP contribution in [0.1, 0.15) is 28.9 Å². The molecule has 3 N–H and O–H groups in total. The highest BCUT2D eigenvalue weighted by molar-refractivity contribution is 6.36. The smallest absolute Gasteiger partial charge is 0.251 e. The van der Waals surface area contributed by atoms with Crippen molar-refractivity contribution in [3.8, 4) is 16.9 Å². The highest BCUT2D eigenvalue weighted by Crippen LogP contribution is 2.41. The molecular weight excluding hydrogens is 506 g/mol. The first-order valence-electron chi connectivity index (χ1n) is 11.2. The van der Waals surface area contributed by atoms with Crippen LogP contribution in [0.25, 0.3) is 22.1 Å². The van der Waals surface area contributed by atoms with Gasteiger partial charge in [0.25, 0.3) is 5.91 Å². The highest BCUT2D eigenvalue weighted by Gasteiger charge is 2.23. The molecule has 2 aromatic heterocycles. The van der Waals surface area contributed by atoms with E-state index in [1.54, 1.807) is 37.6 Å². The highest BCUT2D eigenvalue weighted by atomic mass is 35.5. The number of furan rings is 1. The summed E-state index contributed by atoms with van der Waals surface area (Å²) >= 11 is 12.4. The summed E-state index contributed by atoms with van der Waals surface area (Å²) in [7, 11) is 3.88. The van der Waals surface area contributed by atoms with Crippen LogP contribution in [0.2, 0.25) is 10.0 Å². The summed E-state index contributed by atoms with van der Waals surface area (Å²) in [4.78, 5) is 18.8. The van der Waals surface area contributed by atoms with Crippen molar-refractivity contribution >= 4 is 45.9 Å². The molecule has 0 radical (unpaired) electrons. The lowest BCUT2D eigenvalue weighted by atomic mass is 10.0. The molecule has 36 heavy (non-hydrogen) atoms. The Bertz CT molecular complexity index is 1420. The fourth-order valence-electron chi connectivity index (χ4n) is 3.79. The second-order valence-corrected chi connectivity index (χ2v) is 9.31. The number of nitrogens with zero attached hydrogens (tertiary/aromatic N) is 2. The Balaban J connectivity index is 1.66. The van der Waals surface area contributed by atoms with Crippen molar-refractivity contribution in [3.05, 3.63) is 75.8 Å². The van der Waals surface area contributed by atoms with Gasteiger partial charge in [-0.05, 0) is 50.8 Å². The second-order valence-electron chi connectivity index (χ2n) is 8.52. The SMILES string of the molecule is C[C@@H](Oc1c(N)ncc2c(-c3cccc(C(=O)NCCN(C)C)c3)coc12)c1c(Cl)ccc(F)c1Cl. The van der Waals surface area contributed by atoms with E-state index < -0.39 is 11.9 Å². The third-order valence-corrected chi connectivity index (χ3v) is 6.38. The monoisotopic (exact) mass is 530 g/mol. The first kappa shape index (κ1) is 25.8. The van der Waals surface area contributed by atoms with Crippen LogP contribution in [-0.2, 0) is 0 Å². The van der Waals surface area contributed by atoms with E-state index in [1.807, 2.05) is 25.1 Å². The van der Waals surface area contributed by atoms with E-state index in [2.05, 4.69) is 10.3 Å². The zero-order chi connectivity index (χ0) is 26.0. The number of carbonyl (C=O) groups excluding carboxylic acids is 1. The molecule has 0 aliphatic carbocycles. The minimum Gasteiger partial charge on any atom is -0.478 e. The van der Waals surface area contributed by atoms with Crippen LogP contribution in [0.5, 0.6) is 5.75 Å². The number of nitrogen functional groups attached to an aromatic ring is 1. The predicted molar refractivity (Wildman–Crippen MR) is 140 cm³/mol. The summed E-state index contributed by atoms with van der Waals surface area (Å²) in [6.45, 7) is 2.94. The topological polar surface area (TPSA) is 93.6 Å². The van der Waals surface area contributed by atoms with Gasteiger partial charge in [0.15, 0.2) is 11.4 Å². The number of nitrogens with two attached hydrogens (primary N) is 1. The minimum atomic E-state index is -0.752. The summed E-state index contributed by atoms with van der Waals surface area (Å²) < 4.78 is 25.9. The lowest BCUT2D eigenvalue weighted by Crippen LogP contribution is -2.31. The number of aromatic nitrogens is 1. The molecule has 1 atom stereocenters. The van der Waals surface area contributed by atoms with Gasteiger partial charge in [-0.2, -0.15) is 0 Å². The molecule has 1 amide bonds. The molecule has 188 valence electrons. The zero-order valence-electron chi connectivity index (χ0n) is 19.9. The average molecular weight is 531 g/mol. The maximum Gasteiger partial charge on any atom is 0.251 e. The van der Waals surface area contributed by atoms with Gasteiger partial charge in [0.1, 0.15) is 11.9 Å². The van der Waals surface area contributed by atoms with Crippen molar-refractivity contribution in [1.29, 1.82) is 0 Å². The first-order chi connectivity index (χ1) is 17.2. The van der Waals surface area contributed by atoms with Gasteiger partial charge in [-0.1, -0.05) is 35.3 Å². The summed E-state index contributed by atoms with van der Waals surface area (Å²) in [5.41, 5.74) is 8.73. The van der Waals surface area contributed by atoms with Crippen LogP contribution in [-0.4, -0.2) is 43.0 Å². The van der Waals surface area contributed by atoms with E-state index in [4.69, 9.17) is 38.1 Å². The summed E-state index contributed by atoms with van der Waals surface area (Å²) in [5.74, 6) is -0.509. The van der Waals surface area contributed by atoms with Crippen molar-refractivity contribution in [1.82, 2.24) is 15.2 Å². The summed E-state index contributed by atoms with van der Waals surface area (Å²) in [5, 5.41) is 3.67. The largest absolute Gasteiger partial charge is 0.478 e. The molecular formula is C26H25Cl2FN4O3. The fraction of sp³-hybridized carbons (Fsp3) is 0.231. The maximum absolute atomic E-state index is 14.0. The maximum atomic E-state index is 14.0. The van der Waals surface area contributed by atoms with Crippen LogP contribution >= 0.6 is 23.2 Å². The Hall–Kier alpha value is -3.33. The molecule has 0 aliphatic heterocycles. The second kappa shape index (κ2) is 10.7. The average Bonchev–Trinajstić information content (AvgIpc) is 3.28. The molecule has 2 heterocycles. The normalized spacial score (nSPS) is 12.2. The summed E-state index contributed by atoms with van der Waals surface area (Å²) in [6.07, 6.45) is 2.37. The predicted octanol–water partition coefficient (Wildman–Crippen LogP) is 5.95. The van der Waals surface area contributed by atoms with Crippen molar-refractivity contribution in [2.24, 2.45) is 0 Å². The zero-order valence-corrected chi connectivity index (χ0v) is 21.5. The van der Waals surface area contributed by atoms with Gasteiger partial charge in [0.05, 0.1) is 16.7 Å². The van der Waals surface area contributed by atoms with Crippen LogP contribution in [0.4, 0.5) is 10.2 Å². The van der Waals surface area contributed by atoms with E-state index in [0.29, 0.717) is 28.6 Å². The molecule has 10 heteroatoms. The number of fused-ring (bicyclic) bond motifs is 1. The lowest BCUT2D eigenvalue weighted by Gasteiger charge is -2.18. The molecule has 2 aromatic carbocycles. The van der Waals surface area contributed by atoms with Crippen LogP contribution < -0.4 is 15.8 Å². The molecule has 0 bridgehead atoms. The van der Waals surface area contributed by atoms with Crippen molar-refractivity contribution < 1.29 is 18.3 Å². The third-order valence-electron chi connectivity index (χ3n) is 5.66. The third kappa shape index (κ3) is 5.26. The number of anilines is 1. The van der Waals surface area contributed by atoms with E-state index in [-0.39, 0.29) is 33.1 Å². The number of halogens is 3. The minimum absolute atomic E-state index is 0.0907. The van der Waals surface area contributed by atoms with Gasteiger partial charge in [-0.3, -0.25) is 4.79 Å². The number of ether oxygens (including phenoxy) is 1. The number of pyridine rings is 1. The van der Waals surface area contributed by atoms with E-state index in [0.717, 1.165) is 12.1 Å². The van der Waals surface area contributed by atoms with Crippen molar-refractivity contribution in [2.45, 2.75) is 13.0 Å². The van der Waals surface area contributed by atoms with Gasteiger partial charge in [-0.15, -0.1) is 0 Å². The number of amides is 1. The number of carbonyl (C=O) groups is 1. The number of hydrogen-bond acceptors (Lipinski definition) is 6. The van der Waals surface area contributed by atoms with Crippen LogP contribution in [0, 0.1) is 5.82 Å². The first-order valence-corrected chi connectivity index (χ1v) is 11.9. The molecule has 4 rings (SSSR count). The Labute approximate surface area is 217 Å². The molecule has 0 fully saturated rings. The van der Waals surface area contributed by atoms with E-state index >= 15 is 0 Å². The molecule has 7 nitrogen and oxygen atoms in total. The standard InChI is InChI=1S/C26H25Cl2FN4O3/c1-14(21-19(27)7-8-20(29)22(21)28)36-24-23-17(12-32-25(24)30)18(13-35-23)15-5-4-6-16(11-15)26(34)31-9-10-33(2)3/h4-8,11-14H,9-10H2,1-3H3,(H2,30,32)(H,31,34)/t14-/m1/s1. The van der Waals surface area contributed by atoms with E-state index in [9.17, 15) is 9.18 Å². The van der Waals surface area contributed by atoms with Crippen LogP contribution in [0.3, 0.4) is 0 Å². The van der Waals surface area contributed by atoms with E-state index in [1.165, 1.54) is 12.1 Å². The number of likely N-dealkylation sites (N-methyl/N-ethyl adjacent to an activating group) is 1. The molecule has 0 spiro atoms. The fourth-order valence-corrected chi connectivity index (χ4v) is 4.47. The Morgan fingerprint density at radius 2 is 2.06 bits per heavy atom. The quantitative estimate of drug-likeness (QED) is 0.273. The molecule has 0 aliphatic rings. The number of hydrogen-bond donors (Lipinski definition) is 2. The summed E-state index contributed by atoms with van der Waals surface area (Å²) in [6, 6.07) is 9.79. The molecule has 0 unspecified atom stereocenters. The van der Waals surface area contributed by atoms with Crippen molar-refractivity contribution in [3.63, 3.8) is 0 Å². The number of nitrogens with one attached hydrogen (secondary N) is 1. The van der Waals surface area contributed by atoms with Gasteiger partial charge in [0.2, 0.25) is 5.75 Å². The number of rotatable bonds is 8. The van der Waals surface area contributed by atoms with Gasteiger partial charge in [-0.25, -0.2) is 9.37 Å². The molecule has 0 saturated carbocycles. The lowest BCUT2D eigenvalue weighted by molar-refractivity contribution is 0.0951.